The summed E-state index contributed by atoms with van der Waals surface area (Å²) in [5.74, 6) is -1.32. The van der Waals surface area contributed by atoms with E-state index in [1.54, 1.807) is 0 Å². The maximum Gasteiger partial charge on any atom is 0.332 e. The minimum absolute atomic E-state index is 0.299. The van der Waals surface area contributed by atoms with Gasteiger partial charge in [-0.3, -0.25) is 4.79 Å². The zero-order chi connectivity index (χ0) is 15.6. The minimum atomic E-state index is -1.02. The van der Waals surface area contributed by atoms with Crippen LogP contribution in [0.25, 0.3) is 0 Å². The summed E-state index contributed by atoms with van der Waals surface area (Å²) in [4.78, 5) is 24.9. The number of anilines is 2. The third-order valence-electron chi connectivity index (χ3n) is 3.55. The number of hydrogen-bond acceptors (Lipinski definition) is 4. The van der Waals surface area contributed by atoms with Gasteiger partial charge in [-0.1, -0.05) is 6.07 Å². The Morgan fingerprint density at radius 3 is 2.52 bits per heavy atom. The number of rotatable bonds is 4. The van der Waals surface area contributed by atoms with Crippen LogP contribution in [-0.2, 0) is 14.3 Å². The van der Waals surface area contributed by atoms with Crippen LogP contribution in [0.5, 0.6) is 0 Å². The van der Waals surface area contributed by atoms with Crippen molar-refractivity contribution in [3.63, 3.8) is 0 Å². The predicted molar refractivity (Wildman–Crippen MR) is 79.7 cm³/mol. The van der Waals surface area contributed by atoms with Crippen molar-refractivity contribution in [2.75, 3.05) is 24.3 Å². The van der Waals surface area contributed by atoms with E-state index >= 15 is 0 Å². The van der Waals surface area contributed by atoms with Gasteiger partial charge >= 0.3 is 5.97 Å². The first-order valence-electron chi connectivity index (χ1n) is 6.85. The quantitative estimate of drug-likeness (QED) is 0.882. The SMILES string of the molecule is Cc1ccc(NC(=O)C2CCC(C(=O)O)O2)cc1N(C)C. The molecule has 0 aromatic heterocycles. The highest BCUT2D eigenvalue weighted by Crippen LogP contribution is 2.25. The van der Waals surface area contributed by atoms with Gasteiger partial charge < -0.3 is 20.1 Å². The average molecular weight is 292 g/mol. The number of aliphatic carboxylic acids is 1. The molecule has 1 amide bonds. The van der Waals surface area contributed by atoms with Gasteiger partial charge in [0, 0.05) is 25.5 Å². The summed E-state index contributed by atoms with van der Waals surface area (Å²) in [6.45, 7) is 2.00. The molecule has 21 heavy (non-hydrogen) atoms. The molecule has 2 atom stereocenters. The molecule has 1 aromatic carbocycles. The molecular weight excluding hydrogens is 272 g/mol. The first-order chi connectivity index (χ1) is 9.88. The van der Waals surface area contributed by atoms with Crippen molar-refractivity contribution in [2.45, 2.75) is 32.0 Å². The lowest BCUT2D eigenvalue weighted by Crippen LogP contribution is -2.30. The second-order valence-electron chi connectivity index (χ2n) is 5.41. The average Bonchev–Trinajstić information content (AvgIpc) is 2.90. The normalized spacial score (nSPS) is 21.1. The number of amides is 1. The van der Waals surface area contributed by atoms with Crippen molar-refractivity contribution < 1.29 is 19.4 Å². The molecule has 1 aromatic rings. The first kappa shape index (κ1) is 15.3. The van der Waals surface area contributed by atoms with E-state index in [1.165, 1.54) is 0 Å². The highest BCUT2D eigenvalue weighted by Gasteiger charge is 2.34. The third-order valence-corrected chi connectivity index (χ3v) is 3.55. The number of carboxylic acid groups (broad SMARTS) is 1. The second kappa shape index (κ2) is 6.13. The van der Waals surface area contributed by atoms with Crippen molar-refractivity contribution in [2.24, 2.45) is 0 Å². The maximum atomic E-state index is 12.1. The molecule has 0 bridgehead atoms. The topological polar surface area (TPSA) is 78.9 Å². The minimum Gasteiger partial charge on any atom is -0.479 e. The molecule has 2 N–H and O–H groups in total. The third kappa shape index (κ3) is 3.52. The van der Waals surface area contributed by atoms with Crippen molar-refractivity contribution in [3.8, 4) is 0 Å². The fourth-order valence-electron chi connectivity index (χ4n) is 2.40. The van der Waals surface area contributed by atoms with E-state index in [4.69, 9.17) is 9.84 Å². The van der Waals surface area contributed by atoms with Crippen LogP contribution in [0.4, 0.5) is 11.4 Å². The summed E-state index contributed by atoms with van der Waals surface area (Å²) in [5.41, 5.74) is 2.81. The molecule has 0 radical (unpaired) electrons. The second-order valence-corrected chi connectivity index (χ2v) is 5.41. The summed E-state index contributed by atoms with van der Waals surface area (Å²) < 4.78 is 5.24. The molecule has 6 heteroatoms. The van der Waals surface area contributed by atoms with Gasteiger partial charge in [-0.05, 0) is 37.5 Å². The van der Waals surface area contributed by atoms with Crippen LogP contribution in [0.3, 0.4) is 0 Å². The summed E-state index contributed by atoms with van der Waals surface area (Å²) in [6.07, 6.45) is -0.786. The Hall–Kier alpha value is -2.08. The van der Waals surface area contributed by atoms with Gasteiger partial charge in [-0.2, -0.15) is 0 Å². The Bertz CT molecular complexity index is 557. The van der Waals surface area contributed by atoms with E-state index in [2.05, 4.69) is 5.32 Å². The summed E-state index contributed by atoms with van der Waals surface area (Å²) >= 11 is 0. The van der Waals surface area contributed by atoms with E-state index in [-0.39, 0.29) is 5.91 Å². The summed E-state index contributed by atoms with van der Waals surface area (Å²) in [6, 6.07) is 5.64. The van der Waals surface area contributed by atoms with Crippen molar-refractivity contribution in [1.82, 2.24) is 0 Å². The Labute approximate surface area is 123 Å². The fraction of sp³-hybridized carbons (Fsp3) is 0.467. The Balaban J connectivity index is 2.03. The molecule has 0 spiro atoms. The molecule has 0 aliphatic carbocycles. The molecule has 1 saturated heterocycles. The van der Waals surface area contributed by atoms with E-state index in [9.17, 15) is 9.59 Å². The predicted octanol–water partition coefficient (Wildman–Crippen LogP) is 1.63. The molecule has 1 fully saturated rings. The maximum absolute atomic E-state index is 12.1. The number of nitrogens with zero attached hydrogens (tertiary/aromatic N) is 1. The highest BCUT2D eigenvalue weighted by atomic mass is 16.5. The lowest BCUT2D eigenvalue weighted by Gasteiger charge is -2.18. The zero-order valence-electron chi connectivity index (χ0n) is 12.4. The molecule has 2 rings (SSSR count). The summed E-state index contributed by atoms with van der Waals surface area (Å²) in [7, 11) is 3.87. The molecule has 6 nitrogen and oxygen atoms in total. The number of ether oxygens (including phenoxy) is 1. The monoisotopic (exact) mass is 292 g/mol. The Morgan fingerprint density at radius 1 is 1.29 bits per heavy atom. The lowest BCUT2D eigenvalue weighted by atomic mass is 10.1. The van der Waals surface area contributed by atoms with Gasteiger partial charge in [0.15, 0.2) is 6.10 Å². The Morgan fingerprint density at radius 2 is 1.95 bits per heavy atom. The van der Waals surface area contributed by atoms with E-state index in [0.29, 0.717) is 18.5 Å². The van der Waals surface area contributed by atoms with Gasteiger partial charge in [0.05, 0.1) is 0 Å². The van der Waals surface area contributed by atoms with Crippen LogP contribution >= 0.6 is 0 Å². The number of carbonyl (C=O) groups is 2. The van der Waals surface area contributed by atoms with Crippen LogP contribution < -0.4 is 10.2 Å². The first-order valence-corrected chi connectivity index (χ1v) is 6.85. The molecule has 1 aliphatic rings. The van der Waals surface area contributed by atoms with Crippen molar-refractivity contribution in [3.05, 3.63) is 23.8 Å². The molecule has 114 valence electrons. The van der Waals surface area contributed by atoms with E-state index in [1.807, 2.05) is 44.1 Å². The fourth-order valence-corrected chi connectivity index (χ4v) is 2.40. The number of aryl methyl sites for hydroxylation is 1. The number of hydrogen-bond donors (Lipinski definition) is 2. The number of benzene rings is 1. The molecular formula is C15H20N2O4. The van der Waals surface area contributed by atoms with Gasteiger partial charge in [0.1, 0.15) is 6.10 Å². The van der Waals surface area contributed by atoms with E-state index in [0.717, 1.165) is 11.3 Å². The van der Waals surface area contributed by atoms with Gasteiger partial charge in [0.2, 0.25) is 0 Å². The molecule has 1 aliphatic heterocycles. The number of carbonyl (C=O) groups excluding carboxylic acids is 1. The van der Waals surface area contributed by atoms with Crippen LogP contribution in [-0.4, -0.2) is 43.3 Å². The van der Waals surface area contributed by atoms with Crippen LogP contribution in [0.2, 0.25) is 0 Å². The lowest BCUT2D eigenvalue weighted by molar-refractivity contribution is -0.150. The van der Waals surface area contributed by atoms with Crippen LogP contribution in [0.1, 0.15) is 18.4 Å². The summed E-state index contributed by atoms with van der Waals surface area (Å²) in [5, 5.41) is 11.7. The standard InChI is InChI=1S/C15H20N2O4/c1-9-4-5-10(8-11(9)17(2)3)16-14(18)12-6-7-13(21-12)15(19)20/h4-5,8,12-13H,6-7H2,1-3H3,(H,16,18)(H,19,20). The molecule has 2 unspecified atom stereocenters. The Kier molecular flexibility index (Phi) is 4.47. The van der Waals surface area contributed by atoms with Gasteiger partial charge in [-0.15, -0.1) is 0 Å². The molecule has 1 heterocycles. The van der Waals surface area contributed by atoms with E-state index < -0.39 is 18.2 Å². The highest BCUT2D eigenvalue weighted by molar-refractivity contribution is 5.95. The van der Waals surface area contributed by atoms with Crippen LogP contribution in [0, 0.1) is 6.92 Å². The van der Waals surface area contributed by atoms with Crippen LogP contribution in [0.15, 0.2) is 18.2 Å². The van der Waals surface area contributed by atoms with Crippen molar-refractivity contribution >= 4 is 23.3 Å². The largest absolute Gasteiger partial charge is 0.479 e. The zero-order valence-corrected chi connectivity index (χ0v) is 12.4. The van der Waals surface area contributed by atoms with Gasteiger partial charge in [0.25, 0.3) is 5.91 Å². The molecule has 0 saturated carbocycles. The van der Waals surface area contributed by atoms with Crippen molar-refractivity contribution in [1.29, 1.82) is 0 Å². The van der Waals surface area contributed by atoms with Gasteiger partial charge in [-0.25, -0.2) is 4.79 Å². The smallest absolute Gasteiger partial charge is 0.332 e. The number of nitrogens with one attached hydrogen (secondary N) is 1. The number of carboxylic acids is 1.